The number of carboxylic acids is 1. The van der Waals surface area contributed by atoms with Crippen molar-refractivity contribution in [1.82, 2.24) is 4.98 Å². The molecule has 6 heteroatoms. The molecule has 0 spiro atoms. The summed E-state index contributed by atoms with van der Waals surface area (Å²) in [7, 11) is 0. The van der Waals surface area contributed by atoms with Crippen molar-refractivity contribution in [2.24, 2.45) is 5.92 Å². The van der Waals surface area contributed by atoms with Crippen molar-refractivity contribution in [3.8, 4) is 5.88 Å². The van der Waals surface area contributed by atoms with Crippen LogP contribution < -0.4 is 10.1 Å². The first kappa shape index (κ1) is 11.4. The molecule has 0 radical (unpaired) electrons. The molecule has 90 valence electrons. The summed E-state index contributed by atoms with van der Waals surface area (Å²) in [5.41, 5.74) is 0.588. The maximum absolute atomic E-state index is 11.4. The first-order valence-electron chi connectivity index (χ1n) is 5.26. The molecule has 17 heavy (non-hydrogen) atoms. The van der Waals surface area contributed by atoms with E-state index in [1.807, 2.05) is 0 Å². The van der Waals surface area contributed by atoms with Gasteiger partial charge in [0.2, 0.25) is 11.8 Å². The average Bonchev–Trinajstić information content (AvgIpc) is 3.12. The van der Waals surface area contributed by atoms with Gasteiger partial charge in [-0.25, -0.2) is 9.78 Å². The highest BCUT2D eigenvalue weighted by Gasteiger charge is 2.29. The number of ether oxygens (including phenoxy) is 1. The van der Waals surface area contributed by atoms with Gasteiger partial charge in [0.1, 0.15) is 0 Å². The van der Waals surface area contributed by atoms with Crippen LogP contribution >= 0.6 is 0 Å². The van der Waals surface area contributed by atoms with Gasteiger partial charge in [0.25, 0.3) is 0 Å². The Morgan fingerprint density at radius 1 is 1.47 bits per heavy atom. The Bertz CT molecular complexity index is 426. The van der Waals surface area contributed by atoms with Crippen LogP contribution in [0.2, 0.25) is 0 Å². The molecule has 0 unspecified atom stereocenters. The minimum atomic E-state index is -1.06. The van der Waals surface area contributed by atoms with Crippen molar-refractivity contribution >= 4 is 17.6 Å². The van der Waals surface area contributed by atoms with E-state index < -0.39 is 12.6 Å². The molecule has 0 aliphatic heterocycles. The Kier molecular flexibility index (Phi) is 3.22. The van der Waals surface area contributed by atoms with Crippen LogP contribution in [-0.2, 0) is 9.59 Å². The molecule has 1 heterocycles. The number of rotatable bonds is 5. The summed E-state index contributed by atoms with van der Waals surface area (Å²) in [6.45, 7) is -0.430. The van der Waals surface area contributed by atoms with Crippen molar-refractivity contribution in [2.75, 3.05) is 11.9 Å². The number of amides is 1. The molecule has 0 aromatic carbocycles. The van der Waals surface area contributed by atoms with Gasteiger partial charge in [0.15, 0.2) is 6.61 Å². The standard InChI is InChI=1S/C11H12N2O4/c14-10(15)6-17-9-4-3-8(5-12-9)13-11(16)7-1-2-7/h3-5,7H,1-2,6H2,(H,13,16)(H,14,15). The molecule has 1 aliphatic carbocycles. The Hall–Kier alpha value is -2.11. The molecular weight excluding hydrogens is 224 g/mol. The summed E-state index contributed by atoms with van der Waals surface area (Å²) < 4.78 is 4.86. The normalized spacial score (nSPS) is 14.1. The third kappa shape index (κ3) is 3.44. The Morgan fingerprint density at radius 3 is 2.76 bits per heavy atom. The number of hydrogen-bond donors (Lipinski definition) is 2. The fraction of sp³-hybridized carbons (Fsp3) is 0.364. The minimum Gasteiger partial charge on any atom is -0.479 e. The van der Waals surface area contributed by atoms with Gasteiger partial charge in [-0.15, -0.1) is 0 Å². The van der Waals surface area contributed by atoms with E-state index in [9.17, 15) is 9.59 Å². The number of anilines is 1. The number of hydrogen-bond acceptors (Lipinski definition) is 4. The molecule has 1 aliphatic rings. The van der Waals surface area contributed by atoms with Crippen LogP contribution in [0.15, 0.2) is 18.3 Å². The zero-order chi connectivity index (χ0) is 12.3. The van der Waals surface area contributed by atoms with Crippen molar-refractivity contribution in [2.45, 2.75) is 12.8 Å². The molecule has 6 nitrogen and oxygen atoms in total. The average molecular weight is 236 g/mol. The van der Waals surface area contributed by atoms with E-state index >= 15 is 0 Å². The highest BCUT2D eigenvalue weighted by molar-refractivity contribution is 5.93. The van der Waals surface area contributed by atoms with Gasteiger partial charge in [-0.2, -0.15) is 0 Å². The van der Waals surface area contributed by atoms with E-state index in [0.29, 0.717) is 5.69 Å². The second-order valence-corrected chi connectivity index (χ2v) is 3.83. The molecule has 1 saturated carbocycles. The van der Waals surface area contributed by atoms with Gasteiger partial charge in [0.05, 0.1) is 11.9 Å². The van der Waals surface area contributed by atoms with E-state index in [2.05, 4.69) is 10.3 Å². The van der Waals surface area contributed by atoms with Crippen molar-refractivity contribution in [1.29, 1.82) is 0 Å². The maximum atomic E-state index is 11.4. The molecule has 2 N–H and O–H groups in total. The van der Waals surface area contributed by atoms with E-state index in [4.69, 9.17) is 9.84 Å². The summed E-state index contributed by atoms with van der Waals surface area (Å²) in [4.78, 5) is 25.6. The second-order valence-electron chi connectivity index (χ2n) is 3.83. The van der Waals surface area contributed by atoms with Gasteiger partial charge >= 0.3 is 5.97 Å². The zero-order valence-electron chi connectivity index (χ0n) is 9.05. The number of aliphatic carboxylic acids is 1. The van der Waals surface area contributed by atoms with Crippen LogP contribution in [0.3, 0.4) is 0 Å². The Morgan fingerprint density at radius 2 is 2.24 bits per heavy atom. The van der Waals surface area contributed by atoms with E-state index in [0.717, 1.165) is 12.8 Å². The van der Waals surface area contributed by atoms with Crippen LogP contribution in [0.25, 0.3) is 0 Å². The fourth-order valence-corrected chi connectivity index (χ4v) is 1.27. The summed E-state index contributed by atoms with van der Waals surface area (Å²) in [5, 5.41) is 11.1. The van der Waals surface area contributed by atoms with Crippen LogP contribution in [0.1, 0.15) is 12.8 Å². The van der Waals surface area contributed by atoms with Crippen LogP contribution in [0, 0.1) is 5.92 Å². The number of aromatic nitrogens is 1. The maximum Gasteiger partial charge on any atom is 0.341 e. The molecule has 0 bridgehead atoms. The van der Waals surface area contributed by atoms with Crippen molar-refractivity contribution < 1.29 is 19.4 Å². The van der Waals surface area contributed by atoms with E-state index in [1.54, 1.807) is 6.07 Å². The summed E-state index contributed by atoms with van der Waals surface area (Å²) in [6, 6.07) is 3.15. The summed E-state index contributed by atoms with van der Waals surface area (Å²) >= 11 is 0. The largest absolute Gasteiger partial charge is 0.479 e. The van der Waals surface area contributed by atoms with Crippen LogP contribution in [0.5, 0.6) is 5.88 Å². The Labute approximate surface area is 97.6 Å². The molecule has 1 aromatic rings. The number of nitrogens with zero attached hydrogens (tertiary/aromatic N) is 1. The fourth-order valence-electron chi connectivity index (χ4n) is 1.27. The lowest BCUT2D eigenvalue weighted by molar-refractivity contribution is -0.139. The van der Waals surface area contributed by atoms with Crippen molar-refractivity contribution in [3.05, 3.63) is 18.3 Å². The first-order valence-corrected chi connectivity index (χ1v) is 5.26. The van der Waals surface area contributed by atoms with Gasteiger partial charge < -0.3 is 15.2 Å². The second kappa shape index (κ2) is 4.82. The molecular formula is C11H12N2O4. The van der Waals surface area contributed by atoms with Gasteiger partial charge in [-0.1, -0.05) is 0 Å². The lowest BCUT2D eigenvalue weighted by atomic mass is 10.3. The van der Waals surface area contributed by atoms with Crippen LogP contribution in [-0.4, -0.2) is 28.6 Å². The highest BCUT2D eigenvalue weighted by Crippen LogP contribution is 2.30. The van der Waals surface area contributed by atoms with Gasteiger partial charge in [-0.3, -0.25) is 4.79 Å². The first-order chi connectivity index (χ1) is 8.15. The quantitative estimate of drug-likeness (QED) is 0.792. The third-order valence-electron chi connectivity index (χ3n) is 2.30. The zero-order valence-corrected chi connectivity index (χ0v) is 9.05. The molecule has 1 fully saturated rings. The van der Waals surface area contributed by atoms with Crippen LogP contribution in [0.4, 0.5) is 5.69 Å². The summed E-state index contributed by atoms with van der Waals surface area (Å²) in [5.74, 6) is -0.696. The topological polar surface area (TPSA) is 88.5 Å². The highest BCUT2D eigenvalue weighted by atomic mass is 16.5. The molecule has 1 amide bonds. The van der Waals surface area contributed by atoms with Gasteiger partial charge in [-0.05, 0) is 18.9 Å². The Balaban J connectivity index is 1.88. The molecule has 2 rings (SSSR count). The smallest absolute Gasteiger partial charge is 0.341 e. The minimum absolute atomic E-state index is 0.00556. The van der Waals surface area contributed by atoms with Crippen molar-refractivity contribution in [3.63, 3.8) is 0 Å². The predicted molar refractivity (Wildman–Crippen MR) is 58.7 cm³/mol. The SMILES string of the molecule is O=C(O)COc1ccc(NC(=O)C2CC2)cn1. The molecule has 0 saturated heterocycles. The number of nitrogens with one attached hydrogen (secondary N) is 1. The van der Waals surface area contributed by atoms with Gasteiger partial charge in [0, 0.05) is 12.0 Å². The lowest BCUT2D eigenvalue weighted by Gasteiger charge is -2.05. The number of pyridine rings is 1. The predicted octanol–water partition coefficient (Wildman–Crippen LogP) is 0.893. The monoisotopic (exact) mass is 236 g/mol. The van der Waals surface area contributed by atoms with E-state index in [-0.39, 0.29) is 17.7 Å². The summed E-state index contributed by atoms with van der Waals surface area (Å²) in [6.07, 6.45) is 3.33. The third-order valence-corrected chi connectivity index (χ3v) is 2.30. The lowest BCUT2D eigenvalue weighted by Crippen LogP contribution is -2.14. The number of carbonyl (C=O) groups is 2. The molecule has 0 atom stereocenters. The molecule has 1 aromatic heterocycles. The number of carbonyl (C=O) groups excluding carboxylic acids is 1. The van der Waals surface area contributed by atoms with E-state index in [1.165, 1.54) is 12.3 Å². The number of carboxylic acid groups (broad SMARTS) is 1.